The van der Waals surface area contributed by atoms with Gasteiger partial charge in [-0.3, -0.25) is 0 Å². The van der Waals surface area contributed by atoms with E-state index >= 15 is 0 Å². The Morgan fingerprint density at radius 1 is 1.57 bits per heavy atom. The monoisotopic (exact) mass is 188 g/mol. The van der Waals surface area contributed by atoms with Crippen LogP contribution >= 0.6 is 0 Å². The van der Waals surface area contributed by atoms with Crippen molar-refractivity contribution < 1.29 is 5.11 Å². The van der Waals surface area contributed by atoms with Crippen LogP contribution in [0.25, 0.3) is 0 Å². The number of rotatable bonds is 2. The molecule has 3 nitrogen and oxygen atoms in total. The summed E-state index contributed by atoms with van der Waals surface area (Å²) in [6.07, 6.45) is 9.04. The van der Waals surface area contributed by atoms with E-state index in [2.05, 4.69) is 15.9 Å². The Hall–Kier alpha value is -1.40. The normalized spacial score (nSPS) is 19.8. The van der Waals surface area contributed by atoms with Crippen LogP contribution in [-0.2, 0) is 5.60 Å². The fourth-order valence-electron chi connectivity index (χ4n) is 1.31. The Labute approximate surface area is 83.2 Å². The molecule has 1 N–H and O–H groups in total. The number of aliphatic hydroxyl groups is 1. The molecule has 14 heavy (non-hydrogen) atoms. The van der Waals surface area contributed by atoms with E-state index in [1.165, 1.54) is 19.2 Å². The molecule has 0 aromatic carbocycles. The van der Waals surface area contributed by atoms with Gasteiger partial charge in [-0.15, -0.1) is 6.42 Å². The zero-order chi connectivity index (χ0) is 10.2. The van der Waals surface area contributed by atoms with Crippen molar-refractivity contribution in [2.75, 3.05) is 0 Å². The van der Waals surface area contributed by atoms with E-state index in [0.29, 0.717) is 11.6 Å². The molecule has 1 aromatic heterocycles. The topological polar surface area (TPSA) is 46.0 Å². The minimum atomic E-state index is -1.29. The van der Waals surface area contributed by atoms with Crippen molar-refractivity contribution >= 4 is 0 Å². The van der Waals surface area contributed by atoms with E-state index < -0.39 is 5.60 Å². The van der Waals surface area contributed by atoms with Gasteiger partial charge in [0.1, 0.15) is 6.33 Å². The van der Waals surface area contributed by atoms with Crippen molar-refractivity contribution in [2.24, 2.45) is 0 Å². The highest BCUT2D eigenvalue weighted by Crippen LogP contribution is 2.39. The third kappa shape index (κ3) is 1.61. The van der Waals surface area contributed by atoms with Crippen LogP contribution in [0.4, 0.5) is 0 Å². The molecule has 1 saturated carbocycles. The molecule has 1 atom stereocenters. The summed E-state index contributed by atoms with van der Waals surface area (Å²) in [5.41, 5.74) is 0.217. The van der Waals surface area contributed by atoms with E-state index in [0.717, 1.165) is 5.69 Å². The second-order valence-corrected chi connectivity index (χ2v) is 3.82. The summed E-state index contributed by atoms with van der Waals surface area (Å²) in [6.45, 7) is 1.56. The second-order valence-electron chi connectivity index (χ2n) is 3.82. The predicted molar refractivity (Wildman–Crippen MR) is 52.4 cm³/mol. The first-order chi connectivity index (χ1) is 6.63. The molecule has 2 rings (SSSR count). The smallest absolute Gasteiger partial charge is 0.164 e. The Morgan fingerprint density at radius 2 is 2.29 bits per heavy atom. The van der Waals surface area contributed by atoms with Crippen molar-refractivity contribution in [3.05, 3.63) is 23.8 Å². The van der Waals surface area contributed by atoms with Gasteiger partial charge in [0.15, 0.2) is 5.60 Å². The van der Waals surface area contributed by atoms with Crippen molar-refractivity contribution in [1.29, 1.82) is 0 Å². The Kier molecular flexibility index (Phi) is 2.01. The van der Waals surface area contributed by atoms with Gasteiger partial charge in [-0.05, 0) is 25.8 Å². The number of terminal acetylenes is 1. The predicted octanol–water partition coefficient (Wildman–Crippen LogP) is 1.19. The molecule has 72 valence electrons. The minimum absolute atomic E-state index is 0.511. The number of hydrogen-bond donors (Lipinski definition) is 1. The van der Waals surface area contributed by atoms with Crippen molar-refractivity contribution in [3.8, 4) is 12.3 Å². The van der Waals surface area contributed by atoms with Crippen molar-refractivity contribution in [1.82, 2.24) is 9.97 Å². The quantitative estimate of drug-likeness (QED) is 0.709. The zero-order valence-electron chi connectivity index (χ0n) is 8.07. The van der Waals surface area contributed by atoms with Crippen LogP contribution < -0.4 is 0 Å². The lowest BCUT2D eigenvalue weighted by molar-refractivity contribution is 0.117. The van der Waals surface area contributed by atoms with E-state index in [4.69, 9.17) is 6.42 Å². The molecule has 0 amide bonds. The minimum Gasteiger partial charge on any atom is -0.372 e. The molecular weight excluding hydrogens is 176 g/mol. The van der Waals surface area contributed by atoms with Crippen molar-refractivity contribution in [3.63, 3.8) is 0 Å². The first-order valence-electron chi connectivity index (χ1n) is 4.66. The summed E-state index contributed by atoms with van der Waals surface area (Å²) < 4.78 is 0. The molecule has 1 fully saturated rings. The van der Waals surface area contributed by atoms with Crippen LogP contribution in [0.3, 0.4) is 0 Å². The highest BCUT2D eigenvalue weighted by Gasteiger charge is 2.28. The summed E-state index contributed by atoms with van der Waals surface area (Å²) >= 11 is 0. The van der Waals surface area contributed by atoms with Gasteiger partial charge in [-0.1, -0.05) is 5.92 Å². The van der Waals surface area contributed by atoms with Crippen LogP contribution in [0.5, 0.6) is 0 Å². The molecule has 3 heteroatoms. The third-order valence-electron chi connectivity index (χ3n) is 2.46. The van der Waals surface area contributed by atoms with E-state index in [1.54, 1.807) is 13.0 Å². The van der Waals surface area contributed by atoms with Gasteiger partial charge in [0, 0.05) is 11.6 Å². The average Bonchev–Trinajstić information content (AvgIpc) is 3.01. The summed E-state index contributed by atoms with van der Waals surface area (Å²) in [5.74, 6) is 2.86. The van der Waals surface area contributed by atoms with Crippen molar-refractivity contribution in [2.45, 2.75) is 31.3 Å². The zero-order valence-corrected chi connectivity index (χ0v) is 8.07. The Balaban J connectivity index is 2.35. The fourth-order valence-corrected chi connectivity index (χ4v) is 1.31. The first-order valence-corrected chi connectivity index (χ1v) is 4.66. The number of aromatic nitrogens is 2. The molecule has 1 unspecified atom stereocenters. The standard InChI is InChI=1S/C11H12N2O/c1-3-11(2,14)10-6-9(8-4-5-8)12-7-13-10/h1,6-8,14H,4-5H2,2H3. The summed E-state index contributed by atoms with van der Waals surface area (Å²) in [6, 6.07) is 1.80. The lowest BCUT2D eigenvalue weighted by atomic mass is 10.0. The molecule has 1 heterocycles. The van der Waals surface area contributed by atoms with E-state index in [1.807, 2.05) is 0 Å². The van der Waals surface area contributed by atoms with Gasteiger partial charge in [0.05, 0.1) is 5.69 Å². The molecule has 1 aromatic rings. The average molecular weight is 188 g/mol. The molecule has 0 radical (unpaired) electrons. The SMILES string of the molecule is C#CC(C)(O)c1cc(C2CC2)ncn1. The molecule has 0 aliphatic heterocycles. The lowest BCUT2D eigenvalue weighted by Crippen LogP contribution is -2.20. The van der Waals surface area contributed by atoms with E-state index in [9.17, 15) is 5.11 Å². The maximum absolute atomic E-state index is 9.79. The van der Waals surface area contributed by atoms with Crippen LogP contribution in [0.1, 0.15) is 37.1 Å². The molecular formula is C11H12N2O. The van der Waals surface area contributed by atoms with Crippen LogP contribution in [0.2, 0.25) is 0 Å². The third-order valence-corrected chi connectivity index (χ3v) is 2.46. The van der Waals surface area contributed by atoms with Gasteiger partial charge < -0.3 is 5.11 Å². The Bertz CT molecular complexity index is 389. The highest BCUT2D eigenvalue weighted by atomic mass is 16.3. The largest absolute Gasteiger partial charge is 0.372 e. The van der Waals surface area contributed by atoms with Gasteiger partial charge >= 0.3 is 0 Å². The van der Waals surface area contributed by atoms with Gasteiger partial charge in [0.25, 0.3) is 0 Å². The van der Waals surface area contributed by atoms with Crippen LogP contribution in [0, 0.1) is 12.3 Å². The molecule has 1 aliphatic rings. The number of nitrogens with zero attached hydrogens (tertiary/aromatic N) is 2. The maximum atomic E-state index is 9.79. The highest BCUT2D eigenvalue weighted by molar-refractivity contribution is 5.26. The molecule has 0 spiro atoms. The first kappa shape index (κ1) is 9.17. The summed E-state index contributed by atoms with van der Waals surface area (Å²) in [4.78, 5) is 8.15. The lowest BCUT2D eigenvalue weighted by Gasteiger charge is -2.15. The maximum Gasteiger partial charge on any atom is 0.164 e. The van der Waals surface area contributed by atoms with Crippen LogP contribution in [-0.4, -0.2) is 15.1 Å². The van der Waals surface area contributed by atoms with Gasteiger partial charge in [-0.2, -0.15) is 0 Å². The molecule has 1 aliphatic carbocycles. The van der Waals surface area contributed by atoms with Crippen LogP contribution in [0.15, 0.2) is 12.4 Å². The van der Waals surface area contributed by atoms with E-state index in [-0.39, 0.29) is 0 Å². The van der Waals surface area contributed by atoms with Gasteiger partial charge in [0.2, 0.25) is 0 Å². The summed E-state index contributed by atoms with van der Waals surface area (Å²) in [5, 5.41) is 9.79. The summed E-state index contributed by atoms with van der Waals surface area (Å²) in [7, 11) is 0. The molecule has 0 bridgehead atoms. The Morgan fingerprint density at radius 3 is 2.86 bits per heavy atom. The van der Waals surface area contributed by atoms with Gasteiger partial charge in [-0.25, -0.2) is 9.97 Å². The number of hydrogen-bond acceptors (Lipinski definition) is 3. The fraction of sp³-hybridized carbons (Fsp3) is 0.455. The second kappa shape index (κ2) is 3.07. The molecule has 0 saturated heterocycles.